The number of nitrogens with zero attached hydrogens (tertiary/aromatic N) is 2. The van der Waals surface area contributed by atoms with E-state index in [1.54, 1.807) is 24.3 Å². The van der Waals surface area contributed by atoms with Crippen molar-refractivity contribution >= 4 is 58.4 Å². The molecule has 0 bridgehead atoms. The van der Waals surface area contributed by atoms with Gasteiger partial charge in [0.2, 0.25) is 5.91 Å². The van der Waals surface area contributed by atoms with E-state index >= 15 is 0 Å². The van der Waals surface area contributed by atoms with Gasteiger partial charge in [0.1, 0.15) is 5.75 Å². The number of ether oxygens (including phenoxy) is 1. The summed E-state index contributed by atoms with van der Waals surface area (Å²) in [5.41, 5.74) is 3.56. The zero-order valence-electron chi connectivity index (χ0n) is 27.3. The lowest BCUT2D eigenvalue weighted by Gasteiger charge is -2.31. The van der Waals surface area contributed by atoms with Crippen LogP contribution in [0.5, 0.6) is 5.75 Å². The van der Waals surface area contributed by atoms with Crippen molar-refractivity contribution in [3.63, 3.8) is 0 Å². The van der Waals surface area contributed by atoms with E-state index < -0.39 is 36.5 Å². The van der Waals surface area contributed by atoms with E-state index in [2.05, 4.69) is 5.32 Å². The number of aryl methyl sites for hydroxylation is 1. The highest BCUT2D eigenvalue weighted by atomic mass is 35.5. The van der Waals surface area contributed by atoms with Gasteiger partial charge in [0.25, 0.3) is 17.7 Å². The molecule has 4 aromatic rings. The quantitative estimate of drug-likeness (QED) is 0.111. The molecule has 9 nitrogen and oxygen atoms in total. The number of nitrogens with one attached hydrogen (secondary N) is 1. The Kier molecular flexibility index (Phi) is 12.5. The number of halogens is 3. The van der Waals surface area contributed by atoms with E-state index in [4.69, 9.17) is 39.5 Å². The number of rotatable bonds is 15. The smallest absolute Gasteiger partial charge is 0.261 e. The Labute approximate surface area is 305 Å². The first-order valence-corrected chi connectivity index (χ1v) is 17.2. The van der Waals surface area contributed by atoms with E-state index in [-0.39, 0.29) is 59.2 Å². The highest BCUT2D eigenvalue weighted by Crippen LogP contribution is 2.33. The minimum Gasteiger partial charge on any atom is -0.482 e. The lowest BCUT2D eigenvalue weighted by atomic mass is 10.00. The van der Waals surface area contributed by atoms with Gasteiger partial charge in [-0.25, -0.2) is 0 Å². The summed E-state index contributed by atoms with van der Waals surface area (Å²) in [7, 11) is 0. The van der Waals surface area contributed by atoms with Crippen molar-refractivity contribution in [2.24, 2.45) is 0 Å². The van der Waals surface area contributed by atoms with Crippen LogP contribution < -0.4 is 10.1 Å². The molecule has 0 fully saturated rings. The van der Waals surface area contributed by atoms with Gasteiger partial charge in [-0.2, -0.15) is 0 Å². The maximum atomic E-state index is 13.8. The molecule has 1 aliphatic rings. The van der Waals surface area contributed by atoms with Crippen molar-refractivity contribution in [3.8, 4) is 5.75 Å². The molecule has 2 atom stereocenters. The molecule has 0 saturated carbocycles. The van der Waals surface area contributed by atoms with Gasteiger partial charge in [-0.15, -0.1) is 0 Å². The van der Waals surface area contributed by atoms with Crippen LogP contribution >= 0.6 is 34.8 Å². The summed E-state index contributed by atoms with van der Waals surface area (Å²) in [6.07, 6.45) is -0.579. The number of fused-ring (bicyclic) bond motifs is 1. The van der Waals surface area contributed by atoms with Crippen LogP contribution in [0, 0.1) is 6.92 Å². The molecular weight excluding hydrogens is 701 g/mol. The summed E-state index contributed by atoms with van der Waals surface area (Å²) in [5, 5.41) is 15.1. The molecule has 4 amide bonds. The van der Waals surface area contributed by atoms with Gasteiger partial charge in [0.15, 0.2) is 6.61 Å². The Balaban J connectivity index is 1.30. The van der Waals surface area contributed by atoms with Crippen molar-refractivity contribution in [2.45, 2.75) is 38.3 Å². The number of benzene rings is 4. The lowest BCUT2D eigenvalue weighted by molar-refractivity contribution is -0.133. The summed E-state index contributed by atoms with van der Waals surface area (Å²) in [6.45, 7) is 1.59. The molecule has 260 valence electrons. The fourth-order valence-corrected chi connectivity index (χ4v) is 6.25. The van der Waals surface area contributed by atoms with Crippen LogP contribution in [-0.4, -0.2) is 76.9 Å². The molecule has 2 unspecified atom stereocenters. The molecule has 1 aliphatic heterocycles. The van der Waals surface area contributed by atoms with Crippen LogP contribution in [0.25, 0.3) is 0 Å². The van der Waals surface area contributed by atoms with E-state index in [0.29, 0.717) is 17.5 Å². The average Bonchev–Trinajstić information content (AvgIpc) is 3.35. The molecule has 50 heavy (non-hydrogen) atoms. The average molecular weight is 737 g/mol. The van der Waals surface area contributed by atoms with Crippen LogP contribution in [0.1, 0.15) is 43.8 Å². The molecule has 1 heterocycles. The molecule has 0 aliphatic carbocycles. The third-order valence-electron chi connectivity index (χ3n) is 8.42. The van der Waals surface area contributed by atoms with Gasteiger partial charge in [0.05, 0.1) is 38.3 Å². The van der Waals surface area contributed by atoms with Crippen LogP contribution in [0.4, 0.5) is 0 Å². The maximum Gasteiger partial charge on any atom is 0.261 e. The Hall–Kier alpha value is -4.41. The maximum absolute atomic E-state index is 13.8. The van der Waals surface area contributed by atoms with Crippen LogP contribution in [0.2, 0.25) is 15.1 Å². The Morgan fingerprint density at radius 1 is 0.840 bits per heavy atom. The van der Waals surface area contributed by atoms with Crippen LogP contribution in [0.3, 0.4) is 0 Å². The number of imide groups is 1. The van der Waals surface area contributed by atoms with Crippen molar-refractivity contribution in [1.82, 2.24) is 15.1 Å². The fraction of sp³-hybridized carbons (Fsp3) is 0.263. The first kappa shape index (κ1) is 36.9. The molecular formula is C38H36Cl3N3O6. The minimum atomic E-state index is -1.20. The highest BCUT2D eigenvalue weighted by Gasteiger charge is 2.35. The van der Waals surface area contributed by atoms with E-state index in [1.807, 2.05) is 61.5 Å². The Morgan fingerprint density at radius 3 is 2.12 bits per heavy atom. The Bertz CT molecular complexity index is 1820. The molecule has 5 rings (SSSR count). The number of hydrogen-bond donors (Lipinski definition) is 2. The minimum absolute atomic E-state index is 0.110. The van der Waals surface area contributed by atoms with Crippen molar-refractivity contribution in [3.05, 3.63) is 134 Å². The summed E-state index contributed by atoms with van der Waals surface area (Å²) in [5.74, 6) is -1.60. The monoisotopic (exact) mass is 735 g/mol. The standard InChI is InChI=1S/C38H36Cl3N3O6/c1-24-11-13-25(14-12-24)15-17-43(36(47)16-18-44-37(48)27-9-5-6-10-28(27)38(44)49)22-33(45)32(19-26-7-3-2-4-8-26)42-35(46)23-50-34-21-30(40)29(39)20-31(34)41/h2-14,20-21,32-33,45H,15-19,22-23H2,1H3,(H,42,46). The van der Waals surface area contributed by atoms with Crippen molar-refractivity contribution in [2.75, 3.05) is 26.2 Å². The van der Waals surface area contributed by atoms with Gasteiger partial charge in [-0.3, -0.25) is 24.1 Å². The van der Waals surface area contributed by atoms with Crippen LogP contribution in [-0.2, 0) is 22.4 Å². The van der Waals surface area contributed by atoms with E-state index in [0.717, 1.165) is 21.6 Å². The van der Waals surface area contributed by atoms with Gasteiger partial charge < -0.3 is 20.1 Å². The SMILES string of the molecule is Cc1ccc(CCN(CC(O)C(Cc2ccccc2)NC(=O)COc2cc(Cl)c(Cl)cc2Cl)C(=O)CCN2C(=O)c3ccccc3C2=O)cc1. The normalized spacial score (nSPS) is 13.5. The zero-order valence-corrected chi connectivity index (χ0v) is 29.5. The molecule has 0 saturated heterocycles. The van der Waals surface area contributed by atoms with Gasteiger partial charge in [-0.05, 0) is 49.1 Å². The second kappa shape index (κ2) is 17.0. The van der Waals surface area contributed by atoms with Gasteiger partial charge in [-0.1, -0.05) is 107 Å². The first-order chi connectivity index (χ1) is 24.0. The summed E-state index contributed by atoms with van der Waals surface area (Å²) >= 11 is 18.3. The van der Waals surface area contributed by atoms with Crippen molar-refractivity contribution in [1.29, 1.82) is 0 Å². The second-order valence-corrected chi connectivity index (χ2v) is 13.3. The zero-order chi connectivity index (χ0) is 35.8. The largest absolute Gasteiger partial charge is 0.482 e. The third kappa shape index (κ3) is 9.43. The molecule has 2 N–H and O–H groups in total. The molecule has 4 aromatic carbocycles. The number of carbonyl (C=O) groups excluding carboxylic acids is 4. The lowest BCUT2D eigenvalue weighted by Crippen LogP contribution is -2.52. The molecule has 0 spiro atoms. The predicted octanol–water partition coefficient (Wildman–Crippen LogP) is 6.18. The van der Waals surface area contributed by atoms with Crippen LogP contribution in [0.15, 0.2) is 91.0 Å². The van der Waals surface area contributed by atoms with Gasteiger partial charge >= 0.3 is 0 Å². The predicted molar refractivity (Wildman–Crippen MR) is 193 cm³/mol. The topological polar surface area (TPSA) is 116 Å². The highest BCUT2D eigenvalue weighted by molar-refractivity contribution is 6.43. The third-order valence-corrected chi connectivity index (χ3v) is 9.44. The van der Waals surface area contributed by atoms with E-state index in [9.17, 15) is 24.3 Å². The molecule has 0 aromatic heterocycles. The van der Waals surface area contributed by atoms with Crippen molar-refractivity contribution < 1.29 is 29.0 Å². The molecule has 0 radical (unpaired) electrons. The number of carbonyl (C=O) groups is 4. The summed E-state index contributed by atoms with van der Waals surface area (Å²) in [4.78, 5) is 55.4. The Morgan fingerprint density at radius 2 is 1.46 bits per heavy atom. The van der Waals surface area contributed by atoms with E-state index in [1.165, 1.54) is 17.0 Å². The number of hydrogen-bond acceptors (Lipinski definition) is 6. The second-order valence-electron chi connectivity index (χ2n) is 12.0. The number of aliphatic hydroxyl groups is 1. The molecule has 12 heteroatoms. The number of aliphatic hydroxyl groups excluding tert-OH is 1. The summed E-state index contributed by atoms with van der Waals surface area (Å²) in [6, 6.07) is 25.8. The summed E-state index contributed by atoms with van der Waals surface area (Å²) < 4.78 is 5.61. The number of amides is 4. The fourth-order valence-electron chi connectivity index (χ4n) is 5.66. The first-order valence-electron chi connectivity index (χ1n) is 16.1. The van der Waals surface area contributed by atoms with Gasteiger partial charge in [0, 0.05) is 32.1 Å².